The Morgan fingerprint density at radius 1 is 1.33 bits per heavy atom. The Morgan fingerprint density at radius 2 is 2.07 bits per heavy atom. The molecule has 0 saturated heterocycles. The largest absolute Gasteiger partial charge is 0.329 e. The van der Waals surface area contributed by atoms with Crippen LogP contribution in [0.25, 0.3) is 0 Å². The maximum absolute atomic E-state index is 5.79. The monoisotopic (exact) mass is 204 g/mol. The molecular formula is C13H20N2. The van der Waals surface area contributed by atoms with Gasteiger partial charge in [-0.15, -0.1) is 0 Å². The number of benzene rings is 1. The van der Waals surface area contributed by atoms with Gasteiger partial charge in [-0.3, -0.25) is 4.90 Å². The molecule has 0 unspecified atom stereocenters. The van der Waals surface area contributed by atoms with Gasteiger partial charge < -0.3 is 5.73 Å². The van der Waals surface area contributed by atoms with Gasteiger partial charge >= 0.3 is 0 Å². The zero-order valence-electron chi connectivity index (χ0n) is 9.45. The minimum atomic E-state index is 0.554. The van der Waals surface area contributed by atoms with E-state index in [0.29, 0.717) is 6.04 Å². The third kappa shape index (κ3) is 2.21. The molecule has 0 fully saturated rings. The Balaban J connectivity index is 2.11. The second kappa shape index (κ2) is 4.77. The fourth-order valence-corrected chi connectivity index (χ4v) is 2.40. The van der Waals surface area contributed by atoms with Crippen molar-refractivity contribution in [3.63, 3.8) is 0 Å². The van der Waals surface area contributed by atoms with E-state index in [1.165, 1.54) is 17.5 Å². The highest BCUT2D eigenvalue weighted by atomic mass is 15.2. The van der Waals surface area contributed by atoms with Crippen LogP contribution in [0, 0.1) is 0 Å². The summed E-state index contributed by atoms with van der Waals surface area (Å²) in [5.41, 5.74) is 8.79. The van der Waals surface area contributed by atoms with Crippen molar-refractivity contribution in [2.45, 2.75) is 32.4 Å². The van der Waals surface area contributed by atoms with Crippen molar-refractivity contribution in [2.75, 3.05) is 13.1 Å². The van der Waals surface area contributed by atoms with Gasteiger partial charge in [0.15, 0.2) is 0 Å². The summed E-state index contributed by atoms with van der Waals surface area (Å²) in [7, 11) is 0. The number of fused-ring (bicyclic) bond motifs is 1. The van der Waals surface area contributed by atoms with Crippen LogP contribution in [0.4, 0.5) is 0 Å². The number of rotatable bonds is 3. The zero-order valence-corrected chi connectivity index (χ0v) is 9.45. The van der Waals surface area contributed by atoms with Gasteiger partial charge in [0.25, 0.3) is 0 Å². The Labute approximate surface area is 92.1 Å². The molecule has 1 aromatic rings. The summed E-state index contributed by atoms with van der Waals surface area (Å²) in [6.45, 7) is 5.23. The van der Waals surface area contributed by atoms with Crippen molar-refractivity contribution in [1.29, 1.82) is 0 Å². The minimum Gasteiger partial charge on any atom is -0.329 e. The van der Waals surface area contributed by atoms with Gasteiger partial charge in [-0.1, -0.05) is 31.2 Å². The lowest BCUT2D eigenvalue weighted by Gasteiger charge is -2.34. The molecule has 0 aromatic heterocycles. The van der Waals surface area contributed by atoms with Crippen LogP contribution >= 0.6 is 0 Å². The summed E-state index contributed by atoms with van der Waals surface area (Å²) < 4.78 is 0. The second-order valence-corrected chi connectivity index (χ2v) is 4.29. The molecule has 0 radical (unpaired) electrons. The van der Waals surface area contributed by atoms with Gasteiger partial charge in [0.2, 0.25) is 0 Å². The topological polar surface area (TPSA) is 29.3 Å². The van der Waals surface area contributed by atoms with E-state index in [2.05, 4.69) is 36.1 Å². The highest BCUT2D eigenvalue weighted by Gasteiger charge is 2.20. The molecule has 0 spiro atoms. The van der Waals surface area contributed by atoms with Crippen LogP contribution in [0.15, 0.2) is 24.3 Å². The fourth-order valence-electron chi connectivity index (χ4n) is 2.40. The van der Waals surface area contributed by atoms with Crippen molar-refractivity contribution in [3.8, 4) is 0 Å². The normalized spacial score (nSPS) is 18.5. The molecule has 1 aromatic carbocycles. The van der Waals surface area contributed by atoms with Crippen molar-refractivity contribution in [2.24, 2.45) is 5.73 Å². The van der Waals surface area contributed by atoms with E-state index in [9.17, 15) is 0 Å². The number of nitrogens with zero attached hydrogens (tertiary/aromatic N) is 1. The fraction of sp³-hybridized carbons (Fsp3) is 0.538. The van der Waals surface area contributed by atoms with E-state index in [-0.39, 0.29) is 0 Å². The van der Waals surface area contributed by atoms with Crippen molar-refractivity contribution in [1.82, 2.24) is 4.90 Å². The van der Waals surface area contributed by atoms with Gasteiger partial charge in [0, 0.05) is 25.7 Å². The molecule has 2 nitrogen and oxygen atoms in total. The highest BCUT2D eigenvalue weighted by Crippen LogP contribution is 2.20. The molecule has 0 amide bonds. The molecule has 15 heavy (non-hydrogen) atoms. The Hall–Kier alpha value is -0.860. The molecule has 2 N–H and O–H groups in total. The summed E-state index contributed by atoms with van der Waals surface area (Å²) in [6.07, 6.45) is 2.32. The predicted octanol–water partition coefficient (Wildman–Crippen LogP) is 1.78. The van der Waals surface area contributed by atoms with Crippen LogP contribution in [0.3, 0.4) is 0 Å². The van der Waals surface area contributed by atoms with E-state index in [0.717, 1.165) is 26.1 Å². The van der Waals surface area contributed by atoms with Crippen LogP contribution in [-0.2, 0) is 13.0 Å². The van der Waals surface area contributed by atoms with Crippen LogP contribution in [0.2, 0.25) is 0 Å². The van der Waals surface area contributed by atoms with Crippen molar-refractivity contribution >= 4 is 0 Å². The summed E-state index contributed by atoms with van der Waals surface area (Å²) in [6, 6.07) is 9.31. The average molecular weight is 204 g/mol. The van der Waals surface area contributed by atoms with E-state index in [1.807, 2.05) is 0 Å². The summed E-state index contributed by atoms with van der Waals surface area (Å²) in [4.78, 5) is 2.52. The Kier molecular flexibility index (Phi) is 3.39. The molecule has 1 heterocycles. The Bertz CT molecular complexity index is 318. The first-order valence-electron chi connectivity index (χ1n) is 5.86. The van der Waals surface area contributed by atoms with Gasteiger partial charge in [-0.05, 0) is 24.0 Å². The van der Waals surface area contributed by atoms with Crippen molar-refractivity contribution < 1.29 is 0 Å². The van der Waals surface area contributed by atoms with E-state index < -0.39 is 0 Å². The second-order valence-electron chi connectivity index (χ2n) is 4.29. The zero-order chi connectivity index (χ0) is 10.7. The average Bonchev–Trinajstić information content (AvgIpc) is 2.30. The highest BCUT2D eigenvalue weighted by molar-refractivity contribution is 5.29. The SMILES string of the molecule is CC[C@H](CN)N1CCc2ccccc2C1. The molecule has 2 rings (SSSR count). The van der Waals surface area contributed by atoms with Gasteiger partial charge in [0.1, 0.15) is 0 Å². The maximum Gasteiger partial charge on any atom is 0.0240 e. The molecular weight excluding hydrogens is 184 g/mol. The molecule has 0 saturated carbocycles. The molecule has 2 heteroatoms. The third-order valence-electron chi connectivity index (χ3n) is 3.42. The lowest BCUT2D eigenvalue weighted by molar-refractivity contribution is 0.178. The van der Waals surface area contributed by atoms with Crippen LogP contribution < -0.4 is 5.73 Å². The lowest BCUT2D eigenvalue weighted by Crippen LogP contribution is -2.43. The first kappa shape index (κ1) is 10.7. The predicted molar refractivity (Wildman–Crippen MR) is 63.7 cm³/mol. The van der Waals surface area contributed by atoms with Gasteiger partial charge in [-0.25, -0.2) is 0 Å². The third-order valence-corrected chi connectivity index (χ3v) is 3.42. The Morgan fingerprint density at radius 3 is 2.73 bits per heavy atom. The van der Waals surface area contributed by atoms with E-state index in [4.69, 9.17) is 5.73 Å². The standard InChI is InChI=1S/C13H20N2/c1-2-13(9-14)15-8-7-11-5-3-4-6-12(11)10-15/h3-6,13H,2,7-10,14H2,1H3/t13-/m1/s1. The van der Waals surface area contributed by atoms with Crippen LogP contribution in [0.1, 0.15) is 24.5 Å². The summed E-state index contributed by atoms with van der Waals surface area (Å²) >= 11 is 0. The number of hydrogen-bond acceptors (Lipinski definition) is 2. The molecule has 1 aliphatic heterocycles. The molecule has 1 aliphatic rings. The van der Waals surface area contributed by atoms with Crippen LogP contribution in [0.5, 0.6) is 0 Å². The maximum atomic E-state index is 5.79. The molecule has 0 aliphatic carbocycles. The first-order valence-corrected chi connectivity index (χ1v) is 5.86. The van der Waals surface area contributed by atoms with Crippen LogP contribution in [-0.4, -0.2) is 24.0 Å². The summed E-state index contributed by atoms with van der Waals surface area (Å²) in [5, 5.41) is 0. The molecule has 0 bridgehead atoms. The van der Waals surface area contributed by atoms with Gasteiger partial charge in [-0.2, -0.15) is 0 Å². The van der Waals surface area contributed by atoms with Crippen molar-refractivity contribution in [3.05, 3.63) is 35.4 Å². The lowest BCUT2D eigenvalue weighted by atomic mass is 9.98. The minimum absolute atomic E-state index is 0.554. The summed E-state index contributed by atoms with van der Waals surface area (Å²) in [5.74, 6) is 0. The number of hydrogen-bond donors (Lipinski definition) is 1. The molecule has 1 atom stereocenters. The van der Waals surface area contributed by atoms with E-state index in [1.54, 1.807) is 0 Å². The van der Waals surface area contributed by atoms with Gasteiger partial charge in [0.05, 0.1) is 0 Å². The smallest absolute Gasteiger partial charge is 0.0240 e. The first-order chi connectivity index (χ1) is 7.35. The van der Waals surface area contributed by atoms with E-state index >= 15 is 0 Å². The molecule has 82 valence electrons. The number of nitrogens with two attached hydrogens (primary N) is 1. The quantitative estimate of drug-likeness (QED) is 0.813.